The van der Waals surface area contributed by atoms with E-state index in [1.807, 2.05) is 4.90 Å². The summed E-state index contributed by atoms with van der Waals surface area (Å²) in [6, 6.07) is 8.63. The Morgan fingerprint density at radius 1 is 1.03 bits per heavy atom. The van der Waals surface area contributed by atoms with Crippen LogP contribution in [0, 0.1) is 11.6 Å². The van der Waals surface area contributed by atoms with Gasteiger partial charge in [-0.05, 0) is 55.4 Å². The number of nitrogens with one attached hydrogen (secondary N) is 1. The molecule has 6 nitrogen and oxygen atoms in total. The summed E-state index contributed by atoms with van der Waals surface area (Å²) in [5.74, 6) is -1.37. The Balaban J connectivity index is 1.58. The van der Waals surface area contributed by atoms with Gasteiger partial charge >= 0.3 is 0 Å². The lowest BCUT2D eigenvalue weighted by Crippen LogP contribution is -2.38. The number of anilines is 1. The zero-order valence-corrected chi connectivity index (χ0v) is 17.0. The number of benzene rings is 2. The molecule has 1 saturated heterocycles. The van der Waals surface area contributed by atoms with Gasteiger partial charge in [-0.1, -0.05) is 11.6 Å². The largest absolute Gasteiger partial charge is 0.325 e. The standard InChI is InChI=1S/C19H20ClF2N3O3S/c20-17-12-15(4-7-18(17)22)23-19(26)13-24-8-1-9-25(11-10-24)29(27,28)16-5-2-14(21)3-6-16/h2-7,12H,1,8-11,13H2,(H,23,26). The highest BCUT2D eigenvalue weighted by atomic mass is 35.5. The number of carbonyl (C=O) groups excluding carboxylic acids is 1. The number of rotatable bonds is 5. The summed E-state index contributed by atoms with van der Waals surface area (Å²) in [4.78, 5) is 14.2. The van der Waals surface area contributed by atoms with Crippen LogP contribution in [0.2, 0.25) is 5.02 Å². The minimum Gasteiger partial charge on any atom is -0.325 e. The van der Waals surface area contributed by atoms with Crippen LogP contribution in [0.4, 0.5) is 14.5 Å². The Labute approximate surface area is 173 Å². The van der Waals surface area contributed by atoms with Crippen molar-refractivity contribution >= 4 is 33.2 Å². The third-order valence-corrected chi connectivity index (χ3v) is 6.77. The SMILES string of the molecule is O=C(CN1CCCN(S(=O)(=O)c2ccc(F)cc2)CC1)Nc1ccc(F)c(Cl)c1. The van der Waals surface area contributed by atoms with E-state index in [4.69, 9.17) is 11.6 Å². The van der Waals surface area contributed by atoms with E-state index in [0.717, 1.165) is 12.1 Å². The highest BCUT2D eigenvalue weighted by molar-refractivity contribution is 7.89. The quantitative estimate of drug-likeness (QED) is 0.771. The summed E-state index contributed by atoms with van der Waals surface area (Å²) in [6.45, 7) is 1.52. The molecule has 0 atom stereocenters. The highest BCUT2D eigenvalue weighted by Crippen LogP contribution is 2.20. The lowest BCUT2D eigenvalue weighted by molar-refractivity contribution is -0.117. The van der Waals surface area contributed by atoms with Crippen molar-refractivity contribution in [3.63, 3.8) is 0 Å². The fraction of sp³-hybridized carbons (Fsp3) is 0.316. The van der Waals surface area contributed by atoms with E-state index in [0.29, 0.717) is 31.7 Å². The molecule has 29 heavy (non-hydrogen) atoms. The van der Waals surface area contributed by atoms with Crippen molar-refractivity contribution in [1.82, 2.24) is 9.21 Å². The van der Waals surface area contributed by atoms with Crippen LogP contribution in [0.5, 0.6) is 0 Å². The van der Waals surface area contributed by atoms with E-state index in [-0.39, 0.29) is 28.9 Å². The molecule has 0 saturated carbocycles. The third kappa shape index (κ3) is 5.51. The minimum absolute atomic E-state index is 0.0401. The summed E-state index contributed by atoms with van der Waals surface area (Å²) in [5.41, 5.74) is 0.386. The van der Waals surface area contributed by atoms with E-state index in [1.165, 1.54) is 34.6 Å². The number of halogens is 3. The molecule has 1 heterocycles. The second kappa shape index (κ2) is 9.17. The molecule has 0 aromatic heterocycles. The third-order valence-electron chi connectivity index (χ3n) is 4.57. The molecule has 1 fully saturated rings. The molecule has 0 unspecified atom stereocenters. The Kier molecular flexibility index (Phi) is 6.84. The average Bonchev–Trinajstić information content (AvgIpc) is 2.91. The van der Waals surface area contributed by atoms with Crippen molar-refractivity contribution in [3.05, 3.63) is 59.1 Å². The van der Waals surface area contributed by atoms with Gasteiger partial charge in [0.1, 0.15) is 11.6 Å². The molecule has 1 aliphatic heterocycles. The average molecular weight is 444 g/mol. The second-order valence-electron chi connectivity index (χ2n) is 6.66. The topological polar surface area (TPSA) is 69.7 Å². The van der Waals surface area contributed by atoms with Gasteiger partial charge in [-0.25, -0.2) is 17.2 Å². The van der Waals surface area contributed by atoms with Crippen LogP contribution in [-0.2, 0) is 14.8 Å². The van der Waals surface area contributed by atoms with Crippen LogP contribution in [-0.4, -0.2) is 56.3 Å². The molecule has 0 aliphatic carbocycles. The molecule has 1 N–H and O–H groups in total. The fourth-order valence-corrected chi connectivity index (χ4v) is 4.73. The maximum Gasteiger partial charge on any atom is 0.243 e. The smallest absolute Gasteiger partial charge is 0.243 e. The zero-order chi connectivity index (χ0) is 21.0. The molecule has 0 bridgehead atoms. The molecule has 3 rings (SSSR count). The summed E-state index contributed by atoms with van der Waals surface area (Å²) in [6.07, 6.45) is 0.552. The van der Waals surface area contributed by atoms with E-state index < -0.39 is 21.7 Å². The van der Waals surface area contributed by atoms with Crippen LogP contribution >= 0.6 is 11.6 Å². The molecular formula is C19H20ClF2N3O3S. The first-order valence-corrected chi connectivity index (χ1v) is 10.8. The van der Waals surface area contributed by atoms with Crippen LogP contribution in [0.25, 0.3) is 0 Å². The van der Waals surface area contributed by atoms with Gasteiger partial charge in [-0.15, -0.1) is 0 Å². The Hall–Kier alpha value is -2.07. The number of nitrogens with zero attached hydrogens (tertiary/aromatic N) is 2. The predicted molar refractivity (Wildman–Crippen MR) is 106 cm³/mol. The number of hydrogen-bond acceptors (Lipinski definition) is 4. The number of sulfonamides is 1. The van der Waals surface area contributed by atoms with Crippen molar-refractivity contribution < 1.29 is 22.0 Å². The predicted octanol–water partition coefficient (Wildman–Crippen LogP) is 2.95. The summed E-state index contributed by atoms with van der Waals surface area (Å²) >= 11 is 5.71. The number of amides is 1. The van der Waals surface area contributed by atoms with Gasteiger partial charge in [0.15, 0.2) is 0 Å². The number of carbonyl (C=O) groups is 1. The fourth-order valence-electron chi connectivity index (χ4n) is 3.08. The first-order valence-electron chi connectivity index (χ1n) is 8.99. The van der Waals surface area contributed by atoms with Gasteiger partial charge in [0.05, 0.1) is 16.5 Å². The van der Waals surface area contributed by atoms with Gasteiger partial charge in [0.2, 0.25) is 15.9 Å². The summed E-state index contributed by atoms with van der Waals surface area (Å²) in [7, 11) is -3.72. The van der Waals surface area contributed by atoms with E-state index in [2.05, 4.69) is 5.32 Å². The Morgan fingerprint density at radius 2 is 1.76 bits per heavy atom. The Bertz CT molecular complexity index is 987. The molecule has 0 radical (unpaired) electrons. The summed E-state index contributed by atoms with van der Waals surface area (Å²) < 4.78 is 53.1. The molecule has 1 aliphatic rings. The van der Waals surface area contributed by atoms with Crippen molar-refractivity contribution in [3.8, 4) is 0 Å². The molecule has 1 amide bonds. The number of hydrogen-bond donors (Lipinski definition) is 1. The Morgan fingerprint density at radius 3 is 2.45 bits per heavy atom. The van der Waals surface area contributed by atoms with Gasteiger partial charge in [-0.3, -0.25) is 9.69 Å². The maximum atomic E-state index is 13.2. The van der Waals surface area contributed by atoms with E-state index in [9.17, 15) is 22.0 Å². The van der Waals surface area contributed by atoms with Crippen molar-refractivity contribution in [2.75, 3.05) is 38.0 Å². The monoisotopic (exact) mass is 443 g/mol. The highest BCUT2D eigenvalue weighted by Gasteiger charge is 2.27. The maximum absolute atomic E-state index is 13.2. The minimum atomic E-state index is -3.72. The van der Waals surface area contributed by atoms with E-state index in [1.54, 1.807) is 0 Å². The van der Waals surface area contributed by atoms with Crippen LogP contribution < -0.4 is 5.32 Å². The van der Waals surface area contributed by atoms with Crippen LogP contribution in [0.1, 0.15) is 6.42 Å². The second-order valence-corrected chi connectivity index (χ2v) is 9.01. The molecule has 10 heteroatoms. The molecule has 156 valence electrons. The van der Waals surface area contributed by atoms with Gasteiger partial charge in [0, 0.05) is 25.3 Å². The van der Waals surface area contributed by atoms with Crippen LogP contribution in [0.15, 0.2) is 47.4 Å². The lowest BCUT2D eigenvalue weighted by Gasteiger charge is -2.21. The van der Waals surface area contributed by atoms with Gasteiger partial charge < -0.3 is 5.32 Å². The summed E-state index contributed by atoms with van der Waals surface area (Å²) in [5, 5.41) is 2.57. The van der Waals surface area contributed by atoms with Crippen molar-refractivity contribution in [2.24, 2.45) is 0 Å². The molecule has 2 aromatic rings. The van der Waals surface area contributed by atoms with Crippen LogP contribution in [0.3, 0.4) is 0 Å². The van der Waals surface area contributed by atoms with Gasteiger partial charge in [-0.2, -0.15) is 4.31 Å². The first-order chi connectivity index (χ1) is 13.8. The molecule has 2 aromatic carbocycles. The molecular weight excluding hydrogens is 424 g/mol. The first kappa shape index (κ1) is 21.6. The molecule has 0 spiro atoms. The zero-order valence-electron chi connectivity index (χ0n) is 15.4. The van der Waals surface area contributed by atoms with E-state index >= 15 is 0 Å². The lowest BCUT2D eigenvalue weighted by atomic mass is 10.3. The normalized spacial score (nSPS) is 16.4. The van der Waals surface area contributed by atoms with Gasteiger partial charge in [0.25, 0.3) is 0 Å². The van der Waals surface area contributed by atoms with Crippen molar-refractivity contribution in [1.29, 1.82) is 0 Å². The van der Waals surface area contributed by atoms with Crippen molar-refractivity contribution in [2.45, 2.75) is 11.3 Å².